The Morgan fingerprint density at radius 2 is 1.32 bits per heavy atom. The smallest absolute Gasteiger partial charge is 0.224 e. The normalized spacial score (nSPS) is 4.05. The number of carbonyl (C=O) groups excluding carboxylic acids is 1. The summed E-state index contributed by atoms with van der Waals surface area (Å²) in [6.45, 7) is 8.01. The molecule has 0 fully saturated rings. The van der Waals surface area contributed by atoms with Gasteiger partial charge in [-0.2, -0.15) is 11.9 Å². The molecule has 3 radical (unpaired) electrons. The summed E-state index contributed by atoms with van der Waals surface area (Å²) in [4.78, 5) is 17.8. The molecular formula is C10H21N3O3Y3-6. The van der Waals surface area contributed by atoms with E-state index in [0.717, 1.165) is 0 Å². The summed E-state index contributed by atoms with van der Waals surface area (Å²) in [5.41, 5.74) is 12.3. The number of carboxylic acid groups (broad SMARTS) is 1. The van der Waals surface area contributed by atoms with E-state index < -0.39 is 6.09 Å². The van der Waals surface area contributed by atoms with Crippen LogP contribution in [0.1, 0.15) is 6.92 Å². The van der Waals surface area contributed by atoms with Gasteiger partial charge in [-0.15, -0.1) is 13.2 Å². The molecule has 0 aromatic heterocycles. The molecule has 0 saturated heterocycles. The van der Waals surface area contributed by atoms with Crippen LogP contribution >= 0.6 is 0 Å². The van der Waals surface area contributed by atoms with Crippen molar-refractivity contribution in [3.63, 3.8) is 0 Å². The fourth-order valence-electron chi connectivity index (χ4n) is 0.0430. The molecular weight excluding hydrogens is 477 g/mol. The van der Waals surface area contributed by atoms with Crippen LogP contribution < -0.4 is 0 Å². The molecule has 0 rings (SSSR count). The van der Waals surface area contributed by atoms with E-state index in [1.54, 1.807) is 6.92 Å². The zero-order valence-corrected chi connectivity index (χ0v) is 20.5. The third kappa shape index (κ3) is 523. The van der Waals surface area contributed by atoms with Crippen LogP contribution in [0.25, 0.3) is 16.8 Å². The average Bonchev–Trinajstić information content (AvgIpc) is 1.86. The number of allylic oxidation sites excluding steroid dienone is 1. The number of amides is 2. The van der Waals surface area contributed by atoms with Gasteiger partial charge < -0.3 is 49.0 Å². The van der Waals surface area contributed by atoms with Crippen molar-refractivity contribution in [3.8, 4) is 0 Å². The second-order valence-electron chi connectivity index (χ2n) is 1.52. The fraction of sp³-hybridized carbons (Fsp3) is 0.100. The predicted octanol–water partition coefficient (Wildman–Crippen LogP) is 4.29. The monoisotopic (exact) mass is 498 g/mol. The molecule has 6 nitrogen and oxygen atoms in total. The molecule has 0 saturated carbocycles. The van der Waals surface area contributed by atoms with Gasteiger partial charge in [0.15, 0.2) is 0 Å². The maximum absolute atomic E-state index is 9.17. The van der Waals surface area contributed by atoms with Gasteiger partial charge in [0.05, 0.1) is 0 Å². The first-order chi connectivity index (χ1) is 5.88. The number of nitrogens with zero attached hydrogens (tertiary/aromatic N) is 1. The topological polar surface area (TPSA) is 116 Å². The van der Waals surface area contributed by atoms with Crippen LogP contribution in [0.15, 0.2) is 25.1 Å². The van der Waals surface area contributed by atoms with Crippen LogP contribution in [0.5, 0.6) is 0 Å². The maximum atomic E-state index is 9.17. The van der Waals surface area contributed by atoms with Gasteiger partial charge in [0.1, 0.15) is 0 Å². The second kappa shape index (κ2) is 60.9. The van der Waals surface area contributed by atoms with Crippen molar-refractivity contribution in [1.29, 1.82) is 0 Å². The Morgan fingerprint density at radius 1 is 1.16 bits per heavy atom. The van der Waals surface area contributed by atoms with Gasteiger partial charge in [0.25, 0.3) is 0 Å². The minimum Gasteiger partial charge on any atom is -0.703 e. The van der Waals surface area contributed by atoms with Crippen LogP contribution in [0.3, 0.4) is 0 Å². The molecule has 2 amide bonds. The number of nitrogens with one attached hydrogen (secondary N) is 2. The molecule has 0 aliphatic rings. The van der Waals surface area contributed by atoms with Gasteiger partial charge in [-0.05, 0) is 0 Å². The third-order valence-corrected chi connectivity index (χ3v) is 0.166. The summed E-state index contributed by atoms with van der Waals surface area (Å²) >= 11 is 0. The molecule has 0 aliphatic carbocycles. The Bertz CT molecular complexity index is 157. The van der Waals surface area contributed by atoms with Gasteiger partial charge in [0, 0.05) is 105 Å². The van der Waals surface area contributed by atoms with E-state index in [1.807, 2.05) is 0 Å². The summed E-state index contributed by atoms with van der Waals surface area (Å²) < 4.78 is 0. The fourth-order valence-corrected chi connectivity index (χ4v) is 0.0430. The first kappa shape index (κ1) is 59.2. The van der Waals surface area contributed by atoms with Crippen molar-refractivity contribution in [2.24, 2.45) is 0 Å². The van der Waals surface area contributed by atoms with E-state index in [-0.39, 0.29) is 120 Å². The van der Waals surface area contributed by atoms with Crippen LogP contribution in [-0.2, 0) is 103 Å². The summed E-state index contributed by atoms with van der Waals surface area (Å²) in [6.07, 6.45) is 0.0417. The molecule has 19 heavy (non-hydrogen) atoms. The molecule has 0 aromatic carbocycles. The molecule has 0 unspecified atom stereocenters. The second-order valence-corrected chi connectivity index (χ2v) is 1.52. The Balaban J connectivity index is -0.00000000980. The molecule has 0 atom stereocenters. The van der Waals surface area contributed by atoms with Crippen LogP contribution in [-0.4, -0.2) is 17.6 Å². The largest absolute Gasteiger partial charge is 0.703 e. The zero-order chi connectivity index (χ0) is 11.3. The van der Waals surface area contributed by atoms with Gasteiger partial charge in [-0.3, -0.25) is 4.79 Å². The summed E-state index contributed by atoms with van der Waals surface area (Å²) in [5, 5.41) is 10.1. The van der Waals surface area contributed by atoms with Crippen LogP contribution in [0.4, 0.5) is 4.79 Å². The van der Waals surface area contributed by atoms with Crippen molar-refractivity contribution in [2.75, 3.05) is 0 Å². The Labute approximate surface area is 193 Å². The summed E-state index contributed by atoms with van der Waals surface area (Å²) in [7, 11) is 0. The standard InChI is InChI=1S/C3H5NO.C3H6N.CH2NO2.3CH3.3Y/c1-2-4-3-5;1-3(2)4;2-1(3)4;;;;;;/h2-3H,1H2,(H,4,5);4H,1H2,2H3;2H,(H,3,4);3*1H3;;;/q;5*-1;;;/p-1. The van der Waals surface area contributed by atoms with Gasteiger partial charge in [0.2, 0.25) is 6.09 Å². The van der Waals surface area contributed by atoms with Crippen molar-refractivity contribution in [1.82, 2.24) is 0 Å². The quantitative estimate of drug-likeness (QED) is 0.453. The van der Waals surface area contributed by atoms with E-state index in [9.17, 15) is 0 Å². The molecule has 9 heteroatoms. The molecule has 0 heterocycles. The molecule has 0 aliphatic heterocycles. The van der Waals surface area contributed by atoms with E-state index in [1.165, 1.54) is 6.20 Å². The average molecular weight is 498 g/mol. The summed E-state index contributed by atoms with van der Waals surface area (Å²) in [6, 6.07) is 0. The molecule has 109 valence electrons. The van der Waals surface area contributed by atoms with E-state index in [4.69, 9.17) is 26.2 Å². The Morgan fingerprint density at radius 3 is 1.32 bits per heavy atom. The SMILES string of the molecule is C=C(C)[NH-].C=C[N-]C=O.[CH3-].[CH3-].[CH3-].[NH-]C(=O)O.[Y].[Y].[Y]. The molecule has 0 bridgehead atoms. The number of hydrogen-bond acceptors (Lipinski definition) is 2. The van der Waals surface area contributed by atoms with Gasteiger partial charge in [-0.25, -0.2) is 0 Å². The molecule has 3 N–H and O–H groups in total. The third-order valence-electron chi connectivity index (χ3n) is 0.166. The van der Waals surface area contributed by atoms with Crippen molar-refractivity contribution < 1.29 is 113 Å². The minimum absolute atomic E-state index is 0. The first-order valence-corrected chi connectivity index (χ1v) is 2.94. The minimum atomic E-state index is -1.58. The molecule has 0 spiro atoms. The van der Waals surface area contributed by atoms with Crippen LogP contribution in [0, 0.1) is 22.3 Å². The van der Waals surface area contributed by atoms with E-state index in [2.05, 4.69) is 18.5 Å². The van der Waals surface area contributed by atoms with Gasteiger partial charge >= 0.3 is 0 Å². The van der Waals surface area contributed by atoms with Crippen LogP contribution in [0.2, 0.25) is 0 Å². The first-order valence-electron chi connectivity index (χ1n) is 2.94. The number of hydrogen-bond donors (Lipinski definition) is 1. The Hall–Kier alpha value is 1.33. The van der Waals surface area contributed by atoms with Crippen molar-refractivity contribution >= 4 is 12.5 Å². The van der Waals surface area contributed by atoms with Crippen molar-refractivity contribution in [3.05, 3.63) is 64.1 Å². The number of carbonyl (C=O) groups is 2. The van der Waals surface area contributed by atoms with E-state index >= 15 is 0 Å². The number of rotatable bonds is 2. The summed E-state index contributed by atoms with van der Waals surface area (Å²) in [5.74, 6) is 0. The van der Waals surface area contributed by atoms with Gasteiger partial charge in [-0.1, -0.05) is 6.92 Å². The predicted molar refractivity (Wildman–Crippen MR) is 70.3 cm³/mol. The molecule has 0 aromatic rings. The maximum Gasteiger partial charge on any atom is 0.224 e. The van der Waals surface area contributed by atoms with Crippen molar-refractivity contribution in [2.45, 2.75) is 6.92 Å². The van der Waals surface area contributed by atoms with E-state index in [0.29, 0.717) is 12.1 Å². The Kier molecular flexibility index (Phi) is 190. The zero-order valence-electron chi connectivity index (χ0n) is 12.0.